The van der Waals surface area contributed by atoms with Crippen LogP contribution in [0.4, 0.5) is 0 Å². The van der Waals surface area contributed by atoms with Crippen molar-refractivity contribution in [2.24, 2.45) is 4.99 Å². The van der Waals surface area contributed by atoms with Crippen molar-refractivity contribution in [1.82, 2.24) is 4.98 Å². The molecule has 1 aliphatic heterocycles. The molecule has 0 unspecified atom stereocenters. The lowest BCUT2D eigenvalue weighted by Gasteiger charge is -2.28. The van der Waals surface area contributed by atoms with E-state index in [1.165, 1.54) is 0 Å². The third-order valence-corrected chi connectivity index (χ3v) is 4.79. The van der Waals surface area contributed by atoms with Gasteiger partial charge in [-0.25, -0.2) is 0 Å². The molecule has 3 nitrogen and oxygen atoms in total. The Morgan fingerprint density at radius 3 is 2.62 bits per heavy atom. The summed E-state index contributed by atoms with van der Waals surface area (Å²) < 4.78 is 0.892. The van der Waals surface area contributed by atoms with Gasteiger partial charge in [0.1, 0.15) is 5.54 Å². The fourth-order valence-electron chi connectivity index (χ4n) is 3.05. The summed E-state index contributed by atoms with van der Waals surface area (Å²) in [4.78, 5) is 22.0. The summed E-state index contributed by atoms with van der Waals surface area (Å²) >= 11 is 3.46. The lowest BCUT2D eigenvalue weighted by Crippen LogP contribution is -2.36. The van der Waals surface area contributed by atoms with Crippen molar-refractivity contribution in [2.75, 3.05) is 0 Å². The number of halogens is 1. The van der Waals surface area contributed by atoms with E-state index in [2.05, 4.69) is 27.0 Å². The topological polar surface area (TPSA) is 42.3 Å². The molecule has 0 N–H and O–H groups in total. The summed E-state index contributed by atoms with van der Waals surface area (Å²) in [6, 6.07) is 15.8. The summed E-state index contributed by atoms with van der Waals surface area (Å²) in [7, 11) is 0. The number of nitrogens with zero attached hydrogens (tertiary/aromatic N) is 2. The lowest BCUT2D eigenvalue weighted by atomic mass is 9.84. The van der Waals surface area contributed by atoms with Crippen LogP contribution in [-0.2, 0) is 0 Å². The highest BCUT2D eigenvalue weighted by Crippen LogP contribution is 2.31. The minimum absolute atomic E-state index is 0.0382. The van der Waals surface area contributed by atoms with Gasteiger partial charge in [-0.2, -0.15) is 0 Å². The number of benzene rings is 2. The first-order valence-corrected chi connectivity index (χ1v) is 8.55. The maximum Gasteiger partial charge on any atom is 0.190 e. The van der Waals surface area contributed by atoms with Gasteiger partial charge in [-0.15, -0.1) is 0 Å². The van der Waals surface area contributed by atoms with E-state index in [0.29, 0.717) is 5.56 Å². The molecule has 24 heavy (non-hydrogen) atoms. The minimum Gasteiger partial charge on any atom is -0.291 e. The molecule has 0 atom stereocenters. The number of para-hydroxylation sites is 1. The molecule has 0 radical (unpaired) electrons. The smallest absolute Gasteiger partial charge is 0.190 e. The van der Waals surface area contributed by atoms with Gasteiger partial charge in [-0.1, -0.05) is 40.2 Å². The molecule has 0 amide bonds. The number of carbonyl (C=O) groups excluding carboxylic acids is 1. The summed E-state index contributed by atoms with van der Waals surface area (Å²) in [6.45, 7) is 3.71. The van der Waals surface area contributed by atoms with Crippen molar-refractivity contribution >= 4 is 38.3 Å². The number of aliphatic imine (C=N–C) groups is 1. The van der Waals surface area contributed by atoms with Crippen molar-refractivity contribution in [1.29, 1.82) is 0 Å². The van der Waals surface area contributed by atoms with Crippen LogP contribution in [0.25, 0.3) is 10.9 Å². The van der Waals surface area contributed by atoms with Crippen LogP contribution in [0.1, 0.15) is 35.3 Å². The third-order valence-electron chi connectivity index (χ3n) is 4.29. The van der Waals surface area contributed by atoms with Crippen molar-refractivity contribution in [3.63, 3.8) is 0 Å². The van der Waals surface area contributed by atoms with Crippen LogP contribution < -0.4 is 0 Å². The standard InChI is InChI=1S/C20H15BrN2O/c1-20(2)19(24)16-10-14(21)7-8-15(16)18(23-20)13-9-12-5-3-4-6-17(12)22-11-13/h3-11H,1-2H3. The molecular weight excluding hydrogens is 364 g/mol. The van der Waals surface area contributed by atoms with Crippen molar-refractivity contribution in [3.05, 3.63) is 75.9 Å². The summed E-state index contributed by atoms with van der Waals surface area (Å²) in [5, 5.41) is 1.06. The van der Waals surface area contributed by atoms with Gasteiger partial charge in [0, 0.05) is 32.7 Å². The first kappa shape index (κ1) is 15.2. The molecule has 0 fully saturated rings. The number of rotatable bonds is 1. The van der Waals surface area contributed by atoms with E-state index in [9.17, 15) is 4.79 Å². The van der Waals surface area contributed by atoms with E-state index < -0.39 is 5.54 Å². The molecule has 0 saturated heterocycles. The Morgan fingerprint density at radius 2 is 1.79 bits per heavy atom. The number of aromatic nitrogens is 1. The number of hydrogen-bond acceptors (Lipinski definition) is 3. The number of carbonyl (C=O) groups is 1. The monoisotopic (exact) mass is 378 g/mol. The summed E-state index contributed by atoms with van der Waals surface area (Å²) in [5.74, 6) is 0.0382. The zero-order valence-corrected chi connectivity index (χ0v) is 15.0. The maximum atomic E-state index is 12.7. The zero-order valence-electron chi connectivity index (χ0n) is 13.4. The van der Waals surface area contributed by atoms with Gasteiger partial charge in [-0.3, -0.25) is 14.8 Å². The van der Waals surface area contributed by atoms with E-state index in [1.54, 1.807) is 0 Å². The number of fused-ring (bicyclic) bond motifs is 2. The highest BCUT2D eigenvalue weighted by molar-refractivity contribution is 9.10. The second kappa shape index (κ2) is 5.35. The van der Waals surface area contributed by atoms with E-state index >= 15 is 0 Å². The Balaban J connectivity index is 1.97. The fraction of sp³-hybridized carbons (Fsp3) is 0.150. The zero-order chi connectivity index (χ0) is 16.9. The number of pyridine rings is 1. The van der Waals surface area contributed by atoms with E-state index in [0.717, 1.165) is 32.2 Å². The largest absolute Gasteiger partial charge is 0.291 e. The van der Waals surface area contributed by atoms with Crippen molar-refractivity contribution in [2.45, 2.75) is 19.4 Å². The molecule has 4 heteroatoms. The molecule has 2 heterocycles. The van der Waals surface area contributed by atoms with E-state index in [-0.39, 0.29) is 5.78 Å². The fourth-order valence-corrected chi connectivity index (χ4v) is 3.41. The van der Waals surface area contributed by atoms with Crippen LogP contribution >= 0.6 is 15.9 Å². The normalized spacial score (nSPS) is 16.0. The van der Waals surface area contributed by atoms with Gasteiger partial charge >= 0.3 is 0 Å². The Hall–Kier alpha value is -2.33. The van der Waals surface area contributed by atoms with Crippen LogP contribution in [0.2, 0.25) is 0 Å². The van der Waals surface area contributed by atoms with Gasteiger partial charge in [0.25, 0.3) is 0 Å². The van der Waals surface area contributed by atoms with E-state index in [1.807, 2.05) is 62.5 Å². The number of hydrogen-bond donors (Lipinski definition) is 0. The van der Waals surface area contributed by atoms with Gasteiger partial charge in [0.2, 0.25) is 0 Å². The number of ketones is 1. The van der Waals surface area contributed by atoms with E-state index in [4.69, 9.17) is 4.99 Å². The molecule has 3 aromatic rings. The summed E-state index contributed by atoms with van der Waals surface area (Å²) in [5.41, 5.74) is 3.48. The highest BCUT2D eigenvalue weighted by Gasteiger charge is 2.35. The highest BCUT2D eigenvalue weighted by atomic mass is 79.9. The Bertz CT molecular complexity index is 1020. The Morgan fingerprint density at radius 1 is 1.00 bits per heavy atom. The molecular formula is C20H15BrN2O. The molecule has 0 saturated carbocycles. The molecule has 0 spiro atoms. The SMILES string of the molecule is CC1(C)N=C(c2cnc3ccccc3c2)c2ccc(Br)cc2C1=O. The van der Waals surface area contributed by atoms with Crippen LogP contribution in [0.3, 0.4) is 0 Å². The van der Waals surface area contributed by atoms with Gasteiger partial charge in [0.15, 0.2) is 5.78 Å². The molecule has 1 aromatic heterocycles. The first-order chi connectivity index (χ1) is 11.5. The molecule has 2 aromatic carbocycles. The number of Topliss-reactive ketones (excluding diaryl/α,β-unsaturated/α-hetero) is 1. The van der Waals surface area contributed by atoms with Crippen LogP contribution in [0.15, 0.2) is 64.2 Å². The van der Waals surface area contributed by atoms with Gasteiger partial charge in [-0.05, 0) is 38.1 Å². The predicted octanol–water partition coefficient (Wildman–Crippen LogP) is 4.81. The van der Waals surface area contributed by atoms with Crippen molar-refractivity contribution < 1.29 is 4.79 Å². The lowest BCUT2D eigenvalue weighted by molar-refractivity contribution is 0.0912. The molecule has 0 bridgehead atoms. The second-order valence-electron chi connectivity index (χ2n) is 6.46. The predicted molar refractivity (Wildman–Crippen MR) is 99.9 cm³/mol. The maximum absolute atomic E-state index is 12.7. The molecule has 118 valence electrons. The Labute approximate surface area is 148 Å². The Kier molecular flexibility index (Phi) is 3.39. The van der Waals surface area contributed by atoms with Gasteiger partial charge < -0.3 is 0 Å². The minimum atomic E-state index is -0.783. The second-order valence-corrected chi connectivity index (χ2v) is 7.37. The third kappa shape index (κ3) is 2.38. The molecule has 1 aliphatic rings. The molecule has 4 rings (SSSR count). The van der Waals surface area contributed by atoms with Crippen LogP contribution in [0, 0.1) is 0 Å². The van der Waals surface area contributed by atoms with Crippen molar-refractivity contribution in [3.8, 4) is 0 Å². The first-order valence-electron chi connectivity index (χ1n) is 7.75. The summed E-state index contributed by atoms with van der Waals surface area (Å²) in [6.07, 6.45) is 1.83. The molecule has 0 aliphatic carbocycles. The van der Waals surface area contributed by atoms with Gasteiger partial charge in [0.05, 0.1) is 11.2 Å². The average molecular weight is 379 g/mol. The average Bonchev–Trinajstić information content (AvgIpc) is 2.58. The van der Waals surface area contributed by atoms with Crippen LogP contribution in [-0.4, -0.2) is 22.0 Å². The quantitative estimate of drug-likeness (QED) is 0.609. The van der Waals surface area contributed by atoms with Crippen LogP contribution in [0.5, 0.6) is 0 Å².